The van der Waals surface area contributed by atoms with E-state index in [1.54, 1.807) is 0 Å². The zero-order chi connectivity index (χ0) is 57.1. The fraction of sp³-hybridized carbons (Fsp3) is 0.767. The predicted octanol–water partition coefficient (Wildman–Crippen LogP) is 23.4. The van der Waals surface area contributed by atoms with Crippen molar-refractivity contribution in [2.75, 3.05) is 13.2 Å². The van der Waals surface area contributed by atoms with E-state index in [0.29, 0.717) is 19.3 Å². The van der Waals surface area contributed by atoms with Crippen LogP contribution >= 0.6 is 0 Å². The van der Waals surface area contributed by atoms with Crippen molar-refractivity contribution in [3.63, 3.8) is 0 Å². The van der Waals surface area contributed by atoms with Crippen molar-refractivity contribution in [1.29, 1.82) is 0 Å². The van der Waals surface area contributed by atoms with Gasteiger partial charge in [0.05, 0.1) is 0 Å². The molecule has 6 heteroatoms. The minimum Gasteiger partial charge on any atom is -0.462 e. The average molecular weight is 1100 g/mol. The second-order valence-electron chi connectivity index (χ2n) is 22.7. The van der Waals surface area contributed by atoms with E-state index < -0.39 is 6.10 Å². The van der Waals surface area contributed by atoms with Crippen molar-refractivity contribution in [3.8, 4) is 0 Å². The van der Waals surface area contributed by atoms with Gasteiger partial charge in [-0.2, -0.15) is 0 Å². The van der Waals surface area contributed by atoms with Crippen LogP contribution in [-0.2, 0) is 28.6 Å². The summed E-state index contributed by atoms with van der Waals surface area (Å²) in [5.41, 5.74) is 0. The summed E-state index contributed by atoms with van der Waals surface area (Å²) in [4.78, 5) is 38.4. The van der Waals surface area contributed by atoms with Gasteiger partial charge in [0.1, 0.15) is 13.2 Å². The molecule has 79 heavy (non-hydrogen) atoms. The van der Waals surface area contributed by atoms with Gasteiger partial charge in [-0.1, -0.05) is 292 Å². The van der Waals surface area contributed by atoms with Gasteiger partial charge in [-0.25, -0.2) is 0 Å². The molecule has 0 aliphatic rings. The van der Waals surface area contributed by atoms with Gasteiger partial charge in [0.25, 0.3) is 0 Å². The fourth-order valence-electron chi connectivity index (χ4n) is 9.76. The molecular formula is C73H128O6. The zero-order valence-corrected chi connectivity index (χ0v) is 52.4. The third-order valence-corrected chi connectivity index (χ3v) is 14.9. The van der Waals surface area contributed by atoms with Crippen LogP contribution in [0.15, 0.2) is 85.1 Å². The second kappa shape index (κ2) is 67.1. The quantitative estimate of drug-likeness (QED) is 0.0261. The van der Waals surface area contributed by atoms with E-state index >= 15 is 0 Å². The smallest absolute Gasteiger partial charge is 0.306 e. The van der Waals surface area contributed by atoms with Gasteiger partial charge in [0.15, 0.2) is 6.10 Å². The molecule has 0 aliphatic carbocycles. The van der Waals surface area contributed by atoms with E-state index in [2.05, 4.69) is 106 Å². The summed E-state index contributed by atoms with van der Waals surface area (Å²) in [6.45, 7) is 6.54. The molecule has 0 heterocycles. The molecule has 0 aromatic rings. The Balaban J connectivity index is 4.38. The first-order valence-electron chi connectivity index (χ1n) is 34.1. The number of esters is 3. The highest BCUT2D eigenvalue weighted by Crippen LogP contribution is 2.17. The molecule has 1 unspecified atom stereocenters. The maximum absolute atomic E-state index is 12.9. The van der Waals surface area contributed by atoms with E-state index in [1.165, 1.54) is 193 Å². The maximum Gasteiger partial charge on any atom is 0.306 e. The molecular weight excluding hydrogens is 973 g/mol. The average Bonchev–Trinajstić information content (AvgIpc) is 3.45. The second-order valence-corrected chi connectivity index (χ2v) is 22.7. The zero-order valence-electron chi connectivity index (χ0n) is 52.4. The molecule has 0 radical (unpaired) electrons. The van der Waals surface area contributed by atoms with Crippen LogP contribution < -0.4 is 0 Å². The summed E-state index contributed by atoms with van der Waals surface area (Å²) in [6, 6.07) is 0. The van der Waals surface area contributed by atoms with Crippen LogP contribution in [-0.4, -0.2) is 37.2 Å². The predicted molar refractivity (Wildman–Crippen MR) is 344 cm³/mol. The van der Waals surface area contributed by atoms with Gasteiger partial charge in [0.2, 0.25) is 0 Å². The standard InChI is InChI=1S/C73H128O6/c1-4-7-10-13-16-19-22-25-28-31-33-35-36-38-39-42-45-48-51-54-57-60-63-66-72(75)78-69-70(68-77-71(74)65-62-59-56-53-50-47-44-41-30-27-24-21-18-15-12-9-6-3)79-73(76)67-64-61-58-55-52-49-46-43-40-37-34-32-29-26-23-20-17-14-11-8-5-2/h9,12,18,21,23,26-27,30-34,40,43,70H,4-8,10-11,13-17,19-20,22,24-25,28-29,35-39,41-42,44-69H2,1-3H3/b12-9-,21-18-,26-23-,30-27-,33-31-,34-32-,43-40-. The van der Waals surface area contributed by atoms with Crippen molar-refractivity contribution in [2.45, 2.75) is 348 Å². The molecule has 0 spiro atoms. The summed E-state index contributed by atoms with van der Waals surface area (Å²) in [5.74, 6) is -0.892. The Bertz CT molecular complexity index is 1500. The molecule has 0 N–H and O–H groups in total. The Kier molecular flexibility index (Phi) is 64.2. The van der Waals surface area contributed by atoms with Gasteiger partial charge >= 0.3 is 17.9 Å². The lowest BCUT2D eigenvalue weighted by atomic mass is 10.0. The lowest BCUT2D eigenvalue weighted by Gasteiger charge is -2.18. The SMILES string of the molecule is CC/C=C\C/C=C\C/C=C\CCCCCCCCCC(=O)OCC(COC(=O)CCCCCCCCCCCCC/C=C\CCCCCCCCCC)OC(=O)CCCCCCCC/C=C\C/C=C\C/C=C\CCCCCCC. The van der Waals surface area contributed by atoms with Crippen molar-refractivity contribution in [1.82, 2.24) is 0 Å². The monoisotopic (exact) mass is 1100 g/mol. The minimum atomic E-state index is -0.791. The van der Waals surface area contributed by atoms with Gasteiger partial charge in [0, 0.05) is 19.3 Å². The van der Waals surface area contributed by atoms with Crippen LogP contribution in [0, 0.1) is 0 Å². The maximum atomic E-state index is 12.9. The largest absolute Gasteiger partial charge is 0.462 e. The first-order valence-corrected chi connectivity index (χ1v) is 34.1. The number of carbonyl (C=O) groups is 3. The van der Waals surface area contributed by atoms with Crippen molar-refractivity contribution >= 4 is 17.9 Å². The molecule has 0 bridgehead atoms. The number of unbranched alkanes of at least 4 members (excludes halogenated alkanes) is 37. The van der Waals surface area contributed by atoms with Gasteiger partial charge < -0.3 is 14.2 Å². The summed E-state index contributed by atoms with van der Waals surface area (Å²) in [6.07, 6.45) is 88.8. The molecule has 0 aliphatic heterocycles. The summed E-state index contributed by atoms with van der Waals surface area (Å²) in [5, 5.41) is 0. The minimum absolute atomic E-state index is 0.0842. The van der Waals surface area contributed by atoms with E-state index in [4.69, 9.17) is 14.2 Å². The summed E-state index contributed by atoms with van der Waals surface area (Å²) >= 11 is 0. The van der Waals surface area contributed by atoms with Crippen molar-refractivity contribution in [2.24, 2.45) is 0 Å². The molecule has 456 valence electrons. The Morgan fingerprint density at radius 2 is 0.494 bits per heavy atom. The van der Waals surface area contributed by atoms with Crippen LogP contribution in [0.1, 0.15) is 342 Å². The highest BCUT2D eigenvalue weighted by atomic mass is 16.6. The molecule has 6 nitrogen and oxygen atoms in total. The van der Waals surface area contributed by atoms with E-state index in [-0.39, 0.29) is 31.1 Å². The lowest BCUT2D eigenvalue weighted by Crippen LogP contribution is -2.30. The number of hydrogen-bond acceptors (Lipinski definition) is 6. The molecule has 0 aromatic carbocycles. The van der Waals surface area contributed by atoms with Crippen LogP contribution in [0.4, 0.5) is 0 Å². The molecule has 0 saturated heterocycles. The van der Waals surface area contributed by atoms with Crippen molar-refractivity contribution < 1.29 is 28.6 Å². The highest BCUT2D eigenvalue weighted by Gasteiger charge is 2.19. The highest BCUT2D eigenvalue weighted by molar-refractivity contribution is 5.71. The third kappa shape index (κ3) is 65.3. The normalized spacial score (nSPS) is 12.6. The van der Waals surface area contributed by atoms with Gasteiger partial charge in [-0.15, -0.1) is 0 Å². The molecule has 1 atom stereocenters. The number of carbonyl (C=O) groups excluding carboxylic acids is 3. The molecule has 0 saturated carbocycles. The van der Waals surface area contributed by atoms with Crippen LogP contribution in [0.3, 0.4) is 0 Å². The first-order chi connectivity index (χ1) is 39.0. The number of hydrogen-bond donors (Lipinski definition) is 0. The Morgan fingerprint density at radius 3 is 0.785 bits per heavy atom. The van der Waals surface area contributed by atoms with E-state index in [0.717, 1.165) is 109 Å². The Labute approximate surface area is 490 Å². The van der Waals surface area contributed by atoms with Gasteiger partial charge in [-0.3, -0.25) is 14.4 Å². The Morgan fingerprint density at radius 1 is 0.266 bits per heavy atom. The molecule has 0 fully saturated rings. The molecule has 0 rings (SSSR count). The van der Waals surface area contributed by atoms with Crippen LogP contribution in [0.25, 0.3) is 0 Å². The summed E-state index contributed by atoms with van der Waals surface area (Å²) < 4.78 is 17.0. The fourth-order valence-corrected chi connectivity index (χ4v) is 9.76. The third-order valence-electron chi connectivity index (χ3n) is 14.9. The van der Waals surface area contributed by atoms with E-state index in [9.17, 15) is 14.4 Å². The number of ether oxygens (including phenoxy) is 3. The van der Waals surface area contributed by atoms with Crippen LogP contribution in [0.2, 0.25) is 0 Å². The van der Waals surface area contributed by atoms with E-state index in [1.807, 2.05) is 0 Å². The lowest BCUT2D eigenvalue weighted by molar-refractivity contribution is -0.167. The topological polar surface area (TPSA) is 78.9 Å². The first kappa shape index (κ1) is 75.6. The van der Waals surface area contributed by atoms with Gasteiger partial charge in [-0.05, 0) is 116 Å². The van der Waals surface area contributed by atoms with Crippen LogP contribution in [0.5, 0.6) is 0 Å². The molecule has 0 aromatic heterocycles. The number of rotatable bonds is 62. The number of allylic oxidation sites excluding steroid dienone is 14. The molecule has 0 amide bonds. The Hall–Kier alpha value is -3.41. The summed E-state index contributed by atoms with van der Waals surface area (Å²) in [7, 11) is 0. The van der Waals surface area contributed by atoms with Crippen molar-refractivity contribution in [3.05, 3.63) is 85.1 Å².